The molecule has 1 aromatic rings. The van der Waals surface area contributed by atoms with Crippen LogP contribution in [0.15, 0.2) is 23.2 Å². The van der Waals surface area contributed by atoms with Crippen LogP contribution in [0.4, 0.5) is 14.5 Å². The zero-order valence-corrected chi connectivity index (χ0v) is 15.2. The number of hydrogen-bond acceptors (Lipinski definition) is 4. The number of benzene rings is 1. The maximum Gasteiger partial charge on any atom is 0.248 e. The summed E-state index contributed by atoms with van der Waals surface area (Å²) < 4.78 is 51.4. The zero-order chi connectivity index (χ0) is 18.2. The van der Waals surface area contributed by atoms with Crippen LogP contribution >= 0.6 is 11.8 Å². The van der Waals surface area contributed by atoms with Crippen molar-refractivity contribution in [1.29, 1.82) is 0 Å². The van der Waals surface area contributed by atoms with Gasteiger partial charge in [-0.3, -0.25) is 4.79 Å². The van der Waals surface area contributed by atoms with E-state index in [1.165, 1.54) is 22.7 Å². The molecule has 2 saturated heterocycles. The first-order valence-corrected chi connectivity index (χ1v) is 10.7. The summed E-state index contributed by atoms with van der Waals surface area (Å²) in [6.45, 7) is 1.96. The molecule has 0 aliphatic carbocycles. The number of carbonyl (C=O) groups is 1. The summed E-state index contributed by atoms with van der Waals surface area (Å²) >= 11 is 1.18. The second kappa shape index (κ2) is 7.03. The highest BCUT2D eigenvalue weighted by molar-refractivity contribution is 8.16. The first-order valence-electron chi connectivity index (χ1n) is 8.03. The number of fused-ring (bicyclic) bond motifs is 1. The van der Waals surface area contributed by atoms with Crippen LogP contribution in [0.1, 0.15) is 26.2 Å². The molecule has 0 radical (unpaired) electrons. The van der Waals surface area contributed by atoms with E-state index in [1.807, 2.05) is 6.92 Å². The molecule has 0 saturated carbocycles. The molecule has 2 fully saturated rings. The van der Waals surface area contributed by atoms with Crippen LogP contribution < -0.4 is 4.90 Å². The molecule has 2 atom stereocenters. The van der Waals surface area contributed by atoms with Crippen LogP contribution in [0.5, 0.6) is 0 Å². The van der Waals surface area contributed by atoms with Gasteiger partial charge in [0.1, 0.15) is 11.6 Å². The Kier molecular flexibility index (Phi) is 5.15. The lowest BCUT2D eigenvalue weighted by Crippen LogP contribution is -2.38. The number of thioether (sulfide) groups is 1. The fraction of sp³-hybridized carbons (Fsp3) is 0.500. The number of halogens is 2. The molecule has 0 spiro atoms. The molecular formula is C16H18F2N2O3S2. The third-order valence-electron chi connectivity index (χ3n) is 4.20. The minimum atomic E-state index is -3.23. The molecule has 9 heteroatoms. The van der Waals surface area contributed by atoms with Gasteiger partial charge >= 0.3 is 0 Å². The summed E-state index contributed by atoms with van der Waals surface area (Å²) in [4.78, 5) is 17.5. The van der Waals surface area contributed by atoms with Gasteiger partial charge in [0, 0.05) is 17.7 Å². The van der Waals surface area contributed by atoms with E-state index in [0.29, 0.717) is 6.42 Å². The molecule has 2 aliphatic heterocycles. The number of sulfone groups is 1. The van der Waals surface area contributed by atoms with Gasteiger partial charge < -0.3 is 4.90 Å². The number of nitrogens with zero attached hydrogens (tertiary/aromatic N) is 2. The van der Waals surface area contributed by atoms with Crippen molar-refractivity contribution in [1.82, 2.24) is 0 Å². The highest BCUT2D eigenvalue weighted by Crippen LogP contribution is 2.41. The quantitative estimate of drug-likeness (QED) is 0.794. The fourth-order valence-electron chi connectivity index (χ4n) is 3.01. The lowest BCUT2D eigenvalue weighted by Gasteiger charge is -2.24. The van der Waals surface area contributed by atoms with Crippen LogP contribution in [-0.2, 0) is 14.6 Å². The van der Waals surface area contributed by atoms with E-state index in [2.05, 4.69) is 4.99 Å². The Hall–Kier alpha value is -1.48. The third-order valence-corrected chi connectivity index (χ3v) is 7.41. The van der Waals surface area contributed by atoms with E-state index in [-0.39, 0.29) is 39.9 Å². The maximum atomic E-state index is 14.3. The second-order valence-electron chi connectivity index (χ2n) is 6.16. The first-order chi connectivity index (χ1) is 11.8. The normalized spacial score (nSPS) is 26.2. The number of aliphatic imine (C=N–C) groups is 1. The molecule has 0 bridgehead atoms. The molecule has 1 aromatic carbocycles. The fourth-order valence-corrected chi connectivity index (χ4v) is 6.94. The number of rotatable bonds is 4. The zero-order valence-electron chi connectivity index (χ0n) is 13.6. The monoisotopic (exact) mass is 388 g/mol. The summed E-state index contributed by atoms with van der Waals surface area (Å²) in [5, 5.41) is -0.0244. The lowest BCUT2D eigenvalue weighted by atomic mass is 10.2. The average Bonchev–Trinajstić information content (AvgIpc) is 2.97. The van der Waals surface area contributed by atoms with E-state index in [0.717, 1.165) is 18.6 Å². The second-order valence-corrected chi connectivity index (χ2v) is 9.52. The SMILES string of the molecule is CCCCC(=O)N=C1SC2CS(=O)(=O)CC2N1c1ccc(F)cc1F. The maximum absolute atomic E-state index is 14.3. The highest BCUT2D eigenvalue weighted by Gasteiger charge is 2.49. The van der Waals surface area contributed by atoms with Gasteiger partial charge in [0.2, 0.25) is 5.91 Å². The van der Waals surface area contributed by atoms with Gasteiger partial charge in [-0.1, -0.05) is 25.1 Å². The number of carbonyl (C=O) groups excluding carboxylic acids is 1. The Morgan fingerprint density at radius 3 is 2.80 bits per heavy atom. The highest BCUT2D eigenvalue weighted by atomic mass is 32.2. The van der Waals surface area contributed by atoms with Gasteiger partial charge in [-0.15, -0.1) is 0 Å². The van der Waals surface area contributed by atoms with Crippen LogP contribution in [0.2, 0.25) is 0 Å². The molecular weight excluding hydrogens is 370 g/mol. The summed E-state index contributed by atoms with van der Waals surface area (Å²) in [6.07, 6.45) is 1.84. The van der Waals surface area contributed by atoms with Gasteiger partial charge in [0.25, 0.3) is 0 Å². The molecule has 0 N–H and O–H groups in total. The molecule has 25 heavy (non-hydrogen) atoms. The van der Waals surface area contributed by atoms with Crippen molar-refractivity contribution < 1.29 is 22.0 Å². The van der Waals surface area contributed by atoms with Gasteiger partial charge in [0.15, 0.2) is 15.0 Å². The molecule has 2 heterocycles. The van der Waals surface area contributed by atoms with Crippen molar-refractivity contribution in [3.63, 3.8) is 0 Å². The minimum Gasteiger partial charge on any atom is -0.313 e. The lowest BCUT2D eigenvalue weighted by molar-refractivity contribution is -0.117. The minimum absolute atomic E-state index is 0.0379. The topological polar surface area (TPSA) is 66.8 Å². The molecule has 2 unspecified atom stereocenters. The van der Waals surface area contributed by atoms with E-state index in [9.17, 15) is 22.0 Å². The van der Waals surface area contributed by atoms with Crippen molar-refractivity contribution in [2.45, 2.75) is 37.5 Å². The summed E-state index contributed by atoms with van der Waals surface area (Å²) in [7, 11) is -3.23. The Morgan fingerprint density at radius 1 is 1.36 bits per heavy atom. The molecule has 3 rings (SSSR count). The number of amidine groups is 1. The largest absolute Gasteiger partial charge is 0.313 e. The van der Waals surface area contributed by atoms with Crippen LogP contribution in [0, 0.1) is 11.6 Å². The van der Waals surface area contributed by atoms with Crippen molar-refractivity contribution in [3.8, 4) is 0 Å². The molecule has 136 valence electrons. The smallest absolute Gasteiger partial charge is 0.248 e. The third kappa shape index (κ3) is 3.87. The number of unbranched alkanes of at least 4 members (excludes halogenated alkanes) is 1. The first kappa shape index (κ1) is 18.3. The van der Waals surface area contributed by atoms with Crippen LogP contribution in [0.25, 0.3) is 0 Å². The van der Waals surface area contributed by atoms with Crippen molar-refractivity contribution in [3.05, 3.63) is 29.8 Å². The predicted molar refractivity (Wildman–Crippen MR) is 94.6 cm³/mol. The van der Waals surface area contributed by atoms with E-state index >= 15 is 0 Å². The summed E-state index contributed by atoms with van der Waals surface area (Å²) in [6, 6.07) is 2.60. The van der Waals surface area contributed by atoms with Crippen LogP contribution in [-0.4, -0.2) is 42.3 Å². The molecule has 0 aromatic heterocycles. The standard InChI is InChI=1S/C16H18F2N2O3S2/c1-2-3-4-15(21)19-16-20(12-6-5-10(17)7-11(12)18)13-8-25(22,23)9-14(13)24-16/h5-7,13-14H,2-4,8-9H2,1H3. The Bertz CT molecular complexity index is 827. The molecule has 2 aliphatic rings. The van der Waals surface area contributed by atoms with Gasteiger partial charge in [-0.2, -0.15) is 4.99 Å². The van der Waals surface area contributed by atoms with Gasteiger partial charge in [0.05, 0.1) is 23.2 Å². The Balaban J connectivity index is 1.98. The van der Waals surface area contributed by atoms with E-state index in [1.54, 1.807) is 0 Å². The van der Waals surface area contributed by atoms with Gasteiger partial charge in [-0.25, -0.2) is 17.2 Å². The summed E-state index contributed by atoms with van der Waals surface area (Å²) in [5.74, 6) is -2.02. The number of hydrogen-bond donors (Lipinski definition) is 0. The van der Waals surface area contributed by atoms with E-state index in [4.69, 9.17) is 0 Å². The predicted octanol–water partition coefficient (Wildman–Crippen LogP) is 2.76. The molecule has 1 amide bonds. The van der Waals surface area contributed by atoms with Crippen molar-refractivity contribution in [2.24, 2.45) is 4.99 Å². The van der Waals surface area contributed by atoms with Gasteiger partial charge in [-0.05, 0) is 18.6 Å². The van der Waals surface area contributed by atoms with Crippen molar-refractivity contribution >= 4 is 38.4 Å². The summed E-state index contributed by atoms with van der Waals surface area (Å²) in [5.41, 5.74) is 0.0422. The Morgan fingerprint density at radius 2 is 2.12 bits per heavy atom. The number of amides is 1. The van der Waals surface area contributed by atoms with Crippen LogP contribution in [0.3, 0.4) is 0 Å². The average molecular weight is 388 g/mol. The Labute approximate surface area is 149 Å². The number of anilines is 1. The van der Waals surface area contributed by atoms with E-state index < -0.39 is 27.5 Å². The van der Waals surface area contributed by atoms with Crippen molar-refractivity contribution in [2.75, 3.05) is 16.4 Å². The molecule has 5 nitrogen and oxygen atoms in total.